The van der Waals surface area contributed by atoms with E-state index in [-0.39, 0.29) is 0 Å². The van der Waals surface area contributed by atoms with Gasteiger partial charge >= 0.3 is 18.0 Å². The van der Waals surface area contributed by atoms with Crippen molar-refractivity contribution < 1.29 is 29.3 Å². The molecule has 7 nitrogen and oxygen atoms in total. The van der Waals surface area contributed by atoms with Gasteiger partial charge in [0.15, 0.2) is 0 Å². The molecule has 0 saturated carbocycles. The van der Waals surface area contributed by atoms with Crippen molar-refractivity contribution >= 4 is 18.0 Å². The molecule has 0 heterocycles. The molecule has 0 radical (unpaired) electrons. The summed E-state index contributed by atoms with van der Waals surface area (Å²) in [6, 6.07) is -1.53. The smallest absolute Gasteiger partial charge is 0.408 e. The van der Waals surface area contributed by atoms with Crippen LogP contribution in [-0.2, 0) is 14.3 Å². The Bertz CT molecular complexity index is 358. The second-order valence-electron chi connectivity index (χ2n) is 5.57. The number of hydrogen-bond donors (Lipinski definition) is 3. The average molecular weight is 275 g/mol. The number of alkyl carbamates (subject to hydrolysis) is 1. The number of hydrogen-bond acceptors (Lipinski definition) is 4. The summed E-state index contributed by atoms with van der Waals surface area (Å²) >= 11 is 0. The predicted octanol–water partition coefficient (Wildman–Crippen LogP) is 1.32. The van der Waals surface area contributed by atoms with Crippen LogP contribution in [0.5, 0.6) is 0 Å². The van der Waals surface area contributed by atoms with Gasteiger partial charge in [-0.2, -0.15) is 0 Å². The Morgan fingerprint density at radius 2 is 1.53 bits per heavy atom. The Labute approximate surface area is 111 Å². The van der Waals surface area contributed by atoms with Gasteiger partial charge in [0, 0.05) is 0 Å². The van der Waals surface area contributed by atoms with Gasteiger partial charge in [-0.25, -0.2) is 9.59 Å². The Balaban J connectivity index is 4.98. The molecule has 0 spiro atoms. The second kappa shape index (κ2) is 6.40. The fourth-order valence-corrected chi connectivity index (χ4v) is 1.55. The molecular formula is C12H21NO6. The first kappa shape index (κ1) is 17.2. The number of amides is 1. The van der Waals surface area contributed by atoms with Gasteiger partial charge < -0.3 is 20.3 Å². The van der Waals surface area contributed by atoms with Crippen LogP contribution in [-0.4, -0.2) is 39.9 Å². The van der Waals surface area contributed by atoms with Gasteiger partial charge in [-0.3, -0.25) is 4.79 Å². The van der Waals surface area contributed by atoms with Crippen LogP contribution in [0, 0.1) is 11.8 Å². The Hall–Kier alpha value is -1.79. The number of carboxylic acid groups (broad SMARTS) is 2. The lowest BCUT2D eigenvalue weighted by Gasteiger charge is -2.26. The van der Waals surface area contributed by atoms with Crippen molar-refractivity contribution in [3.8, 4) is 0 Å². The van der Waals surface area contributed by atoms with Crippen LogP contribution in [0.2, 0.25) is 0 Å². The molecule has 1 unspecified atom stereocenters. The maximum atomic E-state index is 11.5. The quantitative estimate of drug-likeness (QED) is 0.697. The van der Waals surface area contributed by atoms with Crippen molar-refractivity contribution in [3.63, 3.8) is 0 Å². The first-order valence-electron chi connectivity index (χ1n) is 5.91. The van der Waals surface area contributed by atoms with E-state index in [0.717, 1.165) is 0 Å². The van der Waals surface area contributed by atoms with Gasteiger partial charge in [0.25, 0.3) is 0 Å². The minimum atomic E-state index is -1.53. The van der Waals surface area contributed by atoms with Crippen LogP contribution in [0.1, 0.15) is 34.6 Å². The topological polar surface area (TPSA) is 113 Å². The number of rotatable bonds is 5. The summed E-state index contributed by atoms with van der Waals surface area (Å²) in [6.07, 6.45) is -0.952. The van der Waals surface area contributed by atoms with Crippen LogP contribution in [0.25, 0.3) is 0 Å². The highest BCUT2D eigenvalue weighted by Crippen LogP contribution is 2.17. The number of nitrogens with one attached hydrogen (secondary N) is 1. The first-order chi connectivity index (χ1) is 8.45. The summed E-state index contributed by atoms with van der Waals surface area (Å²) < 4.78 is 4.92. The third-order valence-corrected chi connectivity index (χ3v) is 2.30. The fourth-order valence-electron chi connectivity index (χ4n) is 1.55. The zero-order chi connectivity index (χ0) is 15.4. The van der Waals surface area contributed by atoms with Crippen molar-refractivity contribution in [2.75, 3.05) is 0 Å². The van der Waals surface area contributed by atoms with E-state index in [1.807, 2.05) is 0 Å². The van der Waals surface area contributed by atoms with Crippen LogP contribution in [0.3, 0.4) is 0 Å². The average Bonchev–Trinajstić information content (AvgIpc) is 2.11. The molecule has 0 bridgehead atoms. The summed E-state index contributed by atoms with van der Waals surface area (Å²) in [5.41, 5.74) is -0.788. The maximum Gasteiger partial charge on any atom is 0.408 e. The molecule has 0 fully saturated rings. The number of carboxylic acids is 2. The standard InChI is InChI=1S/C12H21NO6/c1-6(2)7(9(14)15)8(10(16)17)13-11(18)19-12(3,4)5/h6-8H,1-5H3,(H,13,18)(H,14,15)(H,16,17)/t7?,8-/m0/s1. The molecule has 0 rings (SSSR count). The van der Waals surface area contributed by atoms with Crippen molar-refractivity contribution in [1.29, 1.82) is 0 Å². The predicted molar refractivity (Wildman–Crippen MR) is 66.8 cm³/mol. The van der Waals surface area contributed by atoms with Crippen LogP contribution < -0.4 is 5.32 Å². The van der Waals surface area contributed by atoms with E-state index in [9.17, 15) is 14.4 Å². The highest BCUT2D eigenvalue weighted by Gasteiger charge is 2.38. The van der Waals surface area contributed by atoms with Gasteiger partial charge in [-0.15, -0.1) is 0 Å². The zero-order valence-corrected chi connectivity index (χ0v) is 11.8. The molecular weight excluding hydrogens is 254 g/mol. The van der Waals surface area contributed by atoms with Crippen LogP contribution in [0.4, 0.5) is 4.79 Å². The molecule has 19 heavy (non-hydrogen) atoms. The van der Waals surface area contributed by atoms with Gasteiger partial charge in [0.2, 0.25) is 0 Å². The largest absolute Gasteiger partial charge is 0.481 e. The lowest BCUT2D eigenvalue weighted by atomic mass is 9.88. The molecule has 1 amide bonds. The summed E-state index contributed by atoms with van der Waals surface area (Å²) in [5, 5.41) is 20.2. The van der Waals surface area contributed by atoms with Gasteiger partial charge in [0.1, 0.15) is 11.6 Å². The molecule has 2 atom stereocenters. The van der Waals surface area contributed by atoms with Gasteiger partial charge in [-0.1, -0.05) is 13.8 Å². The van der Waals surface area contributed by atoms with E-state index in [1.54, 1.807) is 34.6 Å². The van der Waals surface area contributed by atoms with E-state index in [0.29, 0.717) is 0 Å². The van der Waals surface area contributed by atoms with Gasteiger partial charge in [-0.05, 0) is 26.7 Å². The summed E-state index contributed by atoms with van der Waals surface area (Å²) in [6.45, 7) is 8.02. The summed E-state index contributed by atoms with van der Waals surface area (Å²) in [5.74, 6) is -4.37. The van der Waals surface area contributed by atoms with Gasteiger partial charge in [0.05, 0.1) is 5.92 Å². The number of carbonyl (C=O) groups is 3. The fraction of sp³-hybridized carbons (Fsp3) is 0.750. The zero-order valence-electron chi connectivity index (χ0n) is 11.8. The molecule has 0 aliphatic carbocycles. The molecule has 0 aromatic rings. The van der Waals surface area contributed by atoms with Crippen molar-refractivity contribution in [3.05, 3.63) is 0 Å². The molecule has 3 N–H and O–H groups in total. The molecule has 110 valence electrons. The van der Waals surface area contributed by atoms with E-state index < -0.39 is 41.5 Å². The number of carbonyl (C=O) groups excluding carboxylic acids is 1. The van der Waals surface area contributed by atoms with Crippen LogP contribution >= 0.6 is 0 Å². The Kier molecular flexibility index (Phi) is 5.80. The van der Waals surface area contributed by atoms with E-state index in [2.05, 4.69) is 5.32 Å². The number of aliphatic carboxylic acids is 2. The lowest BCUT2D eigenvalue weighted by Crippen LogP contribution is -2.51. The first-order valence-corrected chi connectivity index (χ1v) is 5.91. The van der Waals surface area contributed by atoms with Crippen LogP contribution in [0.15, 0.2) is 0 Å². The van der Waals surface area contributed by atoms with E-state index >= 15 is 0 Å². The summed E-state index contributed by atoms with van der Waals surface area (Å²) in [7, 11) is 0. The van der Waals surface area contributed by atoms with Crippen molar-refractivity contribution in [2.45, 2.75) is 46.3 Å². The normalized spacial score (nSPS) is 14.6. The molecule has 0 aromatic carbocycles. The molecule has 0 aromatic heterocycles. The van der Waals surface area contributed by atoms with Crippen molar-refractivity contribution in [1.82, 2.24) is 5.32 Å². The minimum Gasteiger partial charge on any atom is -0.481 e. The Morgan fingerprint density at radius 1 is 1.05 bits per heavy atom. The maximum absolute atomic E-state index is 11.5. The molecule has 0 saturated heterocycles. The highest BCUT2D eigenvalue weighted by molar-refractivity contribution is 5.86. The van der Waals surface area contributed by atoms with E-state index in [4.69, 9.17) is 14.9 Å². The summed E-state index contributed by atoms with van der Waals surface area (Å²) in [4.78, 5) is 33.7. The third-order valence-electron chi connectivity index (χ3n) is 2.30. The molecule has 0 aliphatic rings. The Morgan fingerprint density at radius 3 is 1.79 bits per heavy atom. The highest BCUT2D eigenvalue weighted by atomic mass is 16.6. The molecule has 0 aliphatic heterocycles. The van der Waals surface area contributed by atoms with Crippen molar-refractivity contribution in [2.24, 2.45) is 11.8 Å². The number of ether oxygens (including phenoxy) is 1. The second-order valence-corrected chi connectivity index (χ2v) is 5.57. The monoisotopic (exact) mass is 275 g/mol. The third kappa shape index (κ3) is 6.08. The lowest BCUT2D eigenvalue weighted by molar-refractivity contribution is -0.152. The molecule has 7 heteroatoms. The van der Waals surface area contributed by atoms with E-state index in [1.165, 1.54) is 0 Å². The minimum absolute atomic E-state index is 0.450. The SMILES string of the molecule is CC(C)C(C(=O)O)[C@H](NC(=O)OC(C)(C)C)C(=O)O.